The quantitative estimate of drug-likeness (QED) is 0.420. The van der Waals surface area contributed by atoms with Crippen molar-refractivity contribution in [1.82, 2.24) is 0 Å². The molecule has 0 amide bonds. The van der Waals surface area contributed by atoms with Crippen molar-refractivity contribution in [3.8, 4) is 0 Å². The third kappa shape index (κ3) is 6.04. The van der Waals surface area contributed by atoms with Crippen LogP contribution in [0.25, 0.3) is 0 Å². The minimum absolute atomic E-state index is 1.10. The fourth-order valence-corrected chi connectivity index (χ4v) is 2.18. The van der Waals surface area contributed by atoms with E-state index >= 15 is 0 Å². The van der Waals surface area contributed by atoms with Gasteiger partial charge in [-0.25, -0.2) is 0 Å². The molecule has 0 N–H and O–H groups in total. The Kier molecular flexibility index (Phi) is 7.11. The highest BCUT2D eigenvalue weighted by atomic mass is 15.2. The van der Waals surface area contributed by atoms with E-state index in [0.29, 0.717) is 0 Å². The number of hydrogen-bond acceptors (Lipinski definition) is 0. The van der Waals surface area contributed by atoms with Gasteiger partial charge in [-0.2, -0.15) is 9.15 Å². The van der Waals surface area contributed by atoms with Crippen molar-refractivity contribution in [3.63, 3.8) is 0 Å². The van der Waals surface area contributed by atoms with Gasteiger partial charge in [-0.15, -0.1) is 0 Å². The fourth-order valence-electron chi connectivity index (χ4n) is 2.18. The molecule has 0 aromatic carbocycles. The standard InChI is InChI=1S/C14H28N2/c1-3-4-5-6-7-8-9-10-11-16-13-12-15(2)14-16/h12,14H,3-11,13H2,1-2H3/q+2. The summed E-state index contributed by atoms with van der Waals surface area (Å²) in [4.78, 5) is 0. The molecule has 0 spiro atoms. The Labute approximate surface area is 101 Å². The molecule has 0 aromatic rings. The van der Waals surface area contributed by atoms with Crippen LogP contribution in [0.4, 0.5) is 0 Å². The monoisotopic (exact) mass is 224 g/mol. The summed E-state index contributed by atoms with van der Waals surface area (Å²) in [6.45, 7) is 4.61. The van der Waals surface area contributed by atoms with Gasteiger partial charge in [0.15, 0.2) is 0 Å². The van der Waals surface area contributed by atoms with Crippen LogP contribution in [0.1, 0.15) is 58.3 Å². The molecule has 1 aliphatic rings. The average Bonchev–Trinajstić information content (AvgIpc) is 2.68. The van der Waals surface area contributed by atoms with Crippen molar-refractivity contribution in [2.45, 2.75) is 58.3 Å². The van der Waals surface area contributed by atoms with Crippen LogP contribution in [0.15, 0.2) is 0 Å². The number of unbranched alkanes of at least 4 members (excludes halogenated alkanes) is 7. The summed E-state index contributed by atoms with van der Waals surface area (Å²) in [6, 6.07) is 0. The van der Waals surface area contributed by atoms with Crippen molar-refractivity contribution in [2.24, 2.45) is 0 Å². The summed E-state index contributed by atoms with van der Waals surface area (Å²) in [7, 11) is 2.10. The smallest absolute Gasteiger partial charge is 0.171 e. The van der Waals surface area contributed by atoms with Crippen molar-refractivity contribution in [1.29, 1.82) is 0 Å². The molecule has 1 rings (SSSR count). The fraction of sp³-hybridized carbons (Fsp3) is 0.857. The van der Waals surface area contributed by atoms with E-state index in [1.165, 1.54) is 57.9 Å². The lowest BCUT2D eigenvalue weighted by atomic mass is 10.1. The van der Waals surface area contributed by atoms with E-state index < -0.39 is 0 Å². The van der Waals surface area contributed by atoms with Crippen LogP contribution >= 0.6 is 0 Å². The summed E-state index contributed by atoms with van der Waals surface area (Å²) in [6.07, 6.45) is 15.7. The molecular formula is C14H28N2+2. The van der Waals surface area contributed by atoms with Crippen LogP contribution in [-0.2, 0) is 0 Å². The van der Waals surface area contributed by atoms with Gasteiger partial charge in [-0.1, -0.05) is 45.4 Å². The zero-order chi connectivity index (χ0) is 11.6. The van der Waals surface area contributed by atoms with E-state index in [0.717, 1.165) is 6.54 Å². The predicted molar refractivity (Wildman–Crippen MR) is 70.9 cm³/mol. The van der Waals surface area contributed by atoms with Gasteiger partial charge < -0.3 is 0 Å². The maximum Gasteiger partial charge on any atom is 0.401 e. The first-order valence-corrected chi connectivity index (χ1v) is 6.97. The SMILES string of the molecule is CCCCCCCCCC[N+]1=C[N+](C)=CC1. The molecule has 92 valence electrons. The molecule has 0 fully saturated rings. The molecule has 0 bridgehead atoms. The summed E-state index contributed by atoms with van der Waals surface area (Å²) < 4.78 is 4.56. The molecule has 16 heavy (non-hydrogen) atoms. The largest absolute Gasteiger partial charge is 0.401 e. The zero-order valence-electron chi connectivity index (χ0n) is 11.1. The Balaban J connectivity index is 1.84. The van der Waals surface area contributed by atoms with Gasteiger partial charge in [0.25, 0.3) is 0 Å². The van der Waals surface area contributed by atoms with Crippen LogP contribution < -0.4 is 0 Å². The highest BCUT2D eigenvalue weighted by Gasteiger charge is 2.14. The number of rotatable bonds is 9. The first-order valence-electron chi connectivity index (χ1n) is 6.97. The second-order valence-electron chi connectivity index (χ2n) is 4.93. The van der Waals surface area contributed by atoms with Crippen molar-refractivity contribution < 1.29 is 9.15 Å². The van der Waals surface area contributed by atoms with Gasteiger partial charge in [0, 0.05) is 6.42 Å². The highest BCUT2D eigenvalue weighted by molar-refractivity contribution is 5.61. The number of nitrogens with zero attached hydrogens (tertiary/aromatic N) is 2. The van der Waals surface area contributed by atoms with Gasteiger partial charge >= 0.3 is 6.34 Å². The first-order chi connectivity index (χ1) is 7.83. The van der Waals surface area contributed by atoms with E-state index in [1.54, 1.807) is 0 Å². The lowest BCUT2D eigenvalue weighted by Crippen LogP contribution is -2.12. The third-order valence-corrected chi connectivity index (χ3v) is 3.25. The van der Waals surface area contributed by atoms with Gasteiger partial charge in [0.2, 0.25) is 12.8 Å². The second-order valence-corrected chi connectivity index (χ2v) is 4.93. The Morgan fingerprint density at radius 2 is 1.56 bits per heavy atom. The van der Waals surface area contributed by atoms with Crippen molar-refractivity contribution in [3.05, 3.63) is 0 Å². The van der Waals surface area contributed by atoms with E-state index in [-0.39, 0.29) is 0 Å². The maximum atomic E-state index is 2.40. The van der Waals surface area contributed by atoms with E-state index in [9.17, 15) is 0 Å². The molecule has 2 heteroatoms. The Bertz CT molecular complexity index is 241. The summed E-state index contributed by atoms with van der Waals surface area (Å²) in [5.41, 5.74) is 0. The first kappa shape index (κ1) is 13.4. The zero-order valence-corrected chi connectivity index (χ0v) is 11.1. The molecule has 0 atom stereocenters. The molecule has 2 nitrogen and oxygen atoms in total. The van der Waals surface area contributed by atoms with Gasteiger partial charge in [0.05, 0.1) is 0 Å². The van der Waals surface area contributed by atoms with E-state index in [4.69, 9.17) is 0 Å². The highest BCUT2D eigenvalue weighted by Crippen LogP contribution is 2.08. The molecule has 0 saturated heterocycles. The lowest BCUT2D eigenvalue weighted by molar-refractivity contribution is -0.531. The molecule has 0 saturated carbocycles. The van der Waals surface area contributed by atoms with Crippen LogP contribution in [-0.4, -0.2) is 41.8 Å². The van der Waals surface area contributed by atoms with E-state index in [2.05, 4.69) is 35.7 Å². The second kappa shape index (κ2) is 8.49. The molecule has 1 aliphatic heterocycles. The number of hydrogen-bond donors (Lipinski definition) is 0. The minimum atomic E-state index is 1.10. The summed E-state index contributed by atoms with van der Waals surface area (Å²) in [5, 5.41) is 0. The van der Waals surface area contributed by atoms with Gasteiger partial charge in [-0.3, -0.25) is 0 Å². The molecule has 0 radical (unpaired) electrons. The normalized spacial score (nSPS) is 15.1. The Morgan fingerprint density at radius 3 is 2.12 bits per heavy atom. The lowest BCUT2D eigenvalue weighted by Gasteiger charge is -1.99. The maximum absolute atomic E-state index is 2.40. The van der Waals surface area contributed by atoms with Gasteiger partial charge in [0.1, 0.15) is 13.6 Å². The molecule has 0 aromatic heterocycles. The molecule has 0 unspecified atom stereocenters. The molecule has 0 aliphatic carbocycles. The van der Waals surface area contributed by atoms with E-state index in [1.807, 2.05) is 0 Å². The summed E-state index contributed by atoms with van der Waals surface area (Å²) in [5.74, 6) is 0. The third-order valence-electron chi connectivity index (χ3n) is 3.25. The Morgan fingerprint density at radius 1 is 0.938 bits per heavy atom. The van der Waals surface area contributed by atoms with Crippen molar-refractivity contribution >= 4 is 12.6 Å². The van der Waals surface area contributed by atoms with Crippen LogP contribution in [0.3, 0.4) is 0 Å². The molecule has 1 heterocycles. The summed E-state index contributed by atoms with van der Waals surface area (Å²) >= 11 is 0. The topological polar surface area (TPSA) is 6.02 Å². The van der Waals surface area contributed by atoms with Crippen molar-refractivity contribution in [2.75, 3.05) is 20.1 Å². The minimum Gasteiger partial charge on any atom is -0.171 e. The van der Waals surface area contributed by atoms with Crippen LogP contribution in [0.5, 0.6) is 0 Å². The van der Waals surface area contributed by atoms with Crippen LogP contribution in [0.2, 0.25) is 0 Å². The average molecular weight is 224 g/mol. The molecular weight excluding hydrogens is 196 g/mol. The van der Waals surface area contributed by atoms with Gasteiger partial charge in [-0.05, 0) is 6.42 Å². The van der Waals surface area contributed by atoms with Crippen LogP contribution in [0, 0.1) is 0 Å². The Hall–Kier alpha value is -0.660. The predicted octanol–water partition coefficient (Wildman–Crippen LogP) is 2.89.